The first-order valence-electron chi connectivity index (χ1n) is 7.12. The van der Waals surface area contributed by atoms with Gasteiger partial charge in [-0.1, -0.05) is 10.2 Å². The fourth-order valence-corrected chi connectivity index (χ4v) is 2.50. The Morgan fingerprint density at radius 1 is 0.686 bits per heavy atom. The summed E-state index contributed by atoms with van der Waals surface area (Å²) < 4.78 is 135. The predicted octanol–water partition coefficient (Wildman–Crippen LogP) is -2.35. The molecule has 0 atom stereocenters. The van der Waals surface area contributed by atoms with E-state index in [1.807, 2.05) is 9.82 Å². The third kappa shape index (κ3) is 7.43. The zero-order valence-corrected chi connectivity index (χ0v) is 21.5. The van der Waals surface area contributed by atoms with Crippen LogP contribution in [0.1, 0.15) is 10.4 Å². The maximum absolute atomic E-state index is 13.0. The van der Waals surface area contributed by atoms with Crippen molar-refractivity contribution in [3.05, 3.63) is 73.0 Å². The number of azide groups is 2. The first-order chi connectivity index (χ1) is 15.1. The van der Waals surface area contributed by atoms with Crippen LogP contribution in [-0.4, -0.2) is 18.9 Å². The molecule has 0 N–H and O–H groups in total. The standard InChI is InChI=1S/C7HF4N3O2.C6HF4N3O3S.2Na/c8-2-1(7(15)16)3(9)5(11)6(4(2)10)13-14-12;7-1-3(9)6(17(14,15)16)4(10)2(8)5(1)12-13-11;;/h(H,15,16);(H,14,15,16);;/q;;2*+1/p-2. The van der Waals surface area contributed by atoms with Crippen molar-refractivity contribution in [2.24, 2.45) is 10.2 Å². The summed E-state index contributed by atoms with van der Waals surface area (Å²) in [7, 11) is -5.76. The summed E-state index contributed by atoms with van der Waals surface area (Å²) in [5, 5.41) is 14.9. The quantitative estimate of drug-likeness (QED) is 0.0780. The summed E-state index contributed by atoms with van der Waals surface area (Å²) >= 11 is 0. The van der Waals surface area contributed by atoms with Gasteiger partial charge in [0, 0.05) is 9.82 Å². The molecule has 2 aromatic carbocycles. The van der Waals surface area contributed by atoms with Gasteiger partial charge in [0.05, 0.1) is 11.5 Å². The SMILES string of the molecule is [N-]=[N+]=Nc1c(F)c(F)c(C(=O)[O-])c(F)c1F.[N-]=[N+]=Nc1c(F)c(F)c(S(=O)(=O)[O-])c(F)c1F.[Na+].[Na+]. The molecule has 35 heavy (non-hydrogen) atoms. The average molecular weight is 550 g/mol. The van der Waals surface area contributed by atoms with E-state index in [1.165, 1.54) is 0 Å². The number of carbonyl (C=O) groups is 1. The van der Waals surface area contributed by atoms with Crippen LogP contribution in [-0.2, 0) is 10.1 Å². The van der Waals surface area contributed by atoms with Crippen LogP contribution < -0.4 is 64.2 Å². The summed E-state index contributed by atoms with van der Waals surface area (Å²) in [4.78, 5) is 11.7. The minimum atomic E-state index is -5.76. The molecule has 0 unspecified atom stereocenters. The summed E-state index contributed by atoms with van der Waals surface area (Å²) in [6, 6.07) is 0. The number of benzene rings is 2. The Hall–Kier alpha value is -2.12. The van der Waals surface area contributed by atoms with Crippen LogP contribution in [0.4, 0.5) is 46.5 Å². The van der Waals surface area contributed by atoms with Crippen LogP contribution >= 0.6 is 0 Å². The maximum atomic E-state index is 13.0. The Bertz CT molecular complexity index is 1290. The fraction of sp³-hybridized carbons (Fsp3) is 0. The number of carboxylic acid groups (broad SMARTS) is 1. The zero-order chi connectivity index (χ0) is 25.8. The molecule has 0 saturated carbocycles. The van der Waals surface area contributed by atoms with Gasteiger partial charge >= 0.3 is 59.1 Å². The Balaban J connectivity index is 0. The van der Waals surface area contributed by atoms with Crippen LogP contribution in [0, 0.1) is 46.5 Å². The summed E-state index contributed by atoms with van der Waals surface area (Å²) in [5.41, 5.74) is 10.6. The molecule has 0 heterocycles. The number of carboxylic acids is 1. The molecule has 0 amide bonds. The van der Waals surface area contributed by atoms with Gasteiger partial charge in [-0.25, -0.2) is 43.5 Å². The molecule has 176 valence electrons. The molecule has 0 aliphatic carbocycles. The Labute approximate surface area is 231 Å². The van der Waals surface area contributed by atoms with Crippen LogP contribution in [0.5, 0.6) is 0 Å². The minimum Gasteiger partial charge on any atom is -0.744 e. The summed E-state index contributed by atoms with van der Waals surface area (Å²) in [6.45, 7) is 0. The molecule has 11 nitrogen and oxygen atoms in total. The molecule has 0 aromatic heterocycles. The first-order valence-corrected chi connectivity index (χ1v) is 8.53. The van der Waals surface area contributed by atoms with Gasteiger partial charge in [-0.05, 0) is 11.1 Å². The van der Waals surface area contributed by atoms with Gasteiger partial charge in [0.2, 0.25) is 0 Å². The van der Waals surface area contributed by atoms with E-state index < -0.39 is 84.5 Å². The average Bonchev–Trinajstić information content (AvgIpc) is 2.71. The number of rotatable bonds is 4. The summed E-state index contributed by atoms with van der Waals surface area (Å²) in [6.07, 6.45) is 0. The van der Waals surface area contributed by atoms with Crippen LogP contribution in [0.25, 0.3) is 20.9 Å². The molecule has 0 saturated heterocycles. The number of carbonyl (C=O) groups excluding carboxylic acids is 1. The Kier molecular flexibility index (Phi) is 13.8. The molecule has 0 bridgehead atoms. The van der Waals surface area contributed by atoms with Gasteiger partial charge in [0.25, 0.3) is 0 Å². The van der Waals surface area contributed by atoms with Crippen molar-refractivity contribution in [3.8, 4) is 0 Å². The summed E-state index contributed by atoms with van der Waals surface area (Å²) in [5.74, 6) is -20.4. The van der Waals surface area contributed by atoms with Crippen molar-refractivity contribution in [1.29, 1.82) is 0 Å². The molecule has 22 heteroatoms. The second-order valence-corrected chi connectivity index (χ2v) is 6.35. The topological polar surface area (TPSA) is 195 Å². The number of hydrogen-bond donors (Lipinski definition) is 0. The normalized spacial score (nSPS) is 9.86. The van der Waals surface area contributed by atoms with Crippen molar-refractivity contribution < 1.29 is 117 Å². The van der Waals surface area contributed by atoms with Crippen molar-refractivity contribution in [2.75, 3.05) is 0 Å². The smallest absolute Gasteiger partial charge is 0.744 e. The molecular weight excluding hydrogens is 550 g/mol. The van der Waals surface area contributed by atoms with Crippen molar-refractivity contribution in [3.63, 3.8) is 0 Å². The van der Waals surface area contributed by atoms with Crippen molar-refractivity contribution in [1.82, 2.24) is 0 Å². The van der Waals surface area contributed by atoms with Crippen molar-refractivity contribution in [2.45, 2.75) is 4.90 Å². The van der Waals surface area contributed by atoms with Crippen LogP contribution in [0.3, 0.4) is 0 Å². The van der Waals surface area contributed by atoms with Gasteiger partial charge in [0.15, 0.2) is 46.5 Å². The third-order valence-electron chi connectivity index (χ3n) is 3.18. The van der Waals surface area contributed by atoms with Crippen LogP contribution in [0.15, 0.2) is 15.1 Å². The number of aromatic carboxylic acids is 1. The zero-order valence-electron chi connectivity index (χ0n) is 16.7. The van der Waals surface area contributed by atoms with E-state index in [1.54, 1.807) is 0 Å². The van der Waals surface area contributed by atoms with E-state index in [4.69, 9.17) is 11.1 Å². The molecule has 2 aromatic rings. The second kappa shape index (κ2) is 13.8. The fourth-order valence-electron chi connectivity index (χ4n) is 1.88. The maximum Gasteiger partial charge on any atom is 1.00 e. The van der Waals surface area contributed by atoms with E-state index >= 15 is 0 Å². The van der Waals surface area contributed by atoms with Gasteiger partial charge < -0.3 is 14.5 Å². The second-order valence-electron chi connectivity index (χ2n) is 5.03. The number of hydrogen-bond acceptors (Lipinski definition) is 7. The van der Waals surface area contributed by atoms with E-state index in [0.717, 1.165) is 0 Å². The molecule has 2 rings (SSSR count). The molecule has 0 radical (unpaired) electrons. The van der Waals surface area contributed by atoms with E-state index in [0.29, 0.717) is 0 Å². The monoisotopic (exact) mass is 550 g/mol. The van der Waals surface area contributed by atoms with E-state index in [2.05, 4.69) is 10.2 Å². The van der Waals surface area contributed by atoms with Gasteiger partial charge in [0.1, 0.15) is 26.4 Å². The molecule has 0 fully saturated rings. The first kappa shape index (κ1) is 35.0. The Morgan fingerprint density at radius 2 is 0.971 bits per heavy atom. The predicted molar refractivity (Wildman–Crippen MR) is 82.5 cm³/mol. The molecule has 0 spiro atoms. The third-order valence-corrected chi connectivity index (χ3v) is 4.04. The van der Waals surface area contributed by atoms with Gasteiger partial charge in [-0.15, -0.1) is 0 Å². The van der Waals surface area contributed by atoms with Crippen LogP contribution in [0.2, 0.25) is 0 Å². The Morgan fingerprint density at radius 3 is 1.20 bits per heavy atom. The van der Waals surface area contributed by atoms with E-state index in [-0.39, 0.29) is 59.1 Å². The molecule has 0 aliphatic heterocycles. The van der Waals surface area contributed by atoms with E-state index in [9.17, 15) is 58.0 Å². The van der Waals surface area contributed by atoms with Gasteiger partial charge in [-0.3, -0.25) is 0 Å². The largest absolute Gasteiger partial charge is 1.00 e. The molecular formula is C13F8N6Na2O5S. The number of nitrogens with zero attached hydrogens (tertiary/aromatic N) is 6. The molecule has 0 aliphatic rings. The van der Waals surface area contributed by atoms with Crippen molar-refractivity contribution >= 4 is 27.5 Å². The van der Waals surface area contributed by atoms with Gasteiger partial charge in [-0.2, -0.15) is 0 Å². The minimum absolute atomic E-state index is 0. The number of halogens is 8.